The fraction of sp³-hybridized carbons (Fsp3) is 0.833. The highest BCUT2D eigenvalue weighted by atomic mass is 16.5. The Morgan fingerprint density at radius 1 is 1.36 bits per heavy atom. The lowest BCUT2D eigenvalue weighted by molar-refractivity contribution is 0.104. The van der Waals surface area contributed by atoms with E-state index in [4.69, 9.17) is 4.74 Å². The van der Waals surface area contributed by atoms with Gasteiger partial charge in [-0.1, -0.05) is 31.9 Å². The van der Waals surface area contributed by atoms with Gasteiger partial charge in [0.25, 0.3) is 0 Å². The Balaban J connectivity index is 1.69. The predicted molar refractivity (Wildman–Crippen MR) is 93.2 cm³/mol. The molecule has 0 atom stereocenters. The molecule has 0 saturated heterocycles. The van der Waals surface area contributed by atoms with E-state index in [-0.39, 0.29) is 0 Å². The average Bonchev–Trinajstić information content (AvgIpc) is 2.48. The Labute approximate surface area is 135 Å². The number of rotatable bonds is 7. The van der Waals surface area contributed by atoms with Gasteiger partial charge in [0.1, 0.15) is 0 Å². The summed E-state index contributed by atoms with van der Waals surface area (Å²) in [7, 11) is 1.86. The lowest BCUT2D eigenvalue weighted by Crippen LogP contribution is -2.47. The highest BCUT2D eigenvalue weighted by Gasteiger charge is 2.37. The van der Waals surface area contributed by atoms with E-state index in [1.54, 1.807) is 0 Å². The second-order valence-corrected chi connectivity index (χ2v) is 7.24. The first-order valence-corrected chi connectivity index (χ1v) is 8.84. The van der Waals surface area contributed by atoms with Crippen molar-refractivity contribution in [1.29, 1.82) is 0 Å². The molecule has 1 saturated carbocycles. The molecule has 4 heteroatoms. The van der Waals surface area contributed by atoms with Gasteiger partial charge in [-0.05, 0) is 43.4 Å². The van der Waals surface area contributed by atoms with Gasteiger partial charge in [-0.15, -0.1) is 0 Å². The Morgan fingerprint density at radius 3 is 2.73 bits per heavy atom. The molecule has 1 fully saturated rings. The molecule has 0 bridgehead atoms. The molecule has 22 heavy (non-hydrogen) atoms. The van der Waals surface area contributed by atoms with Crippen LogP contribution in [0.4, 0.5) is 0 Å². The van der Waals surface area contributed by atoms with E-state index in [1.165, 1.54) is 31.3 Å². The smallest absolute Gasteiger partial charge is 0.191 e. The van der Waals surface area contributed by atoms with Crippen molar-refractivity contribution < 1.29 is 4.74 Å². The summed E-state index contributed by atoms with van der Waals surface area (Å²) in [4.78, 5) is 4.36. The van der Waals surface area contributed by atoms with Crippen molar-refractivity contribution in [1.82, 2.24) is 10.6 Å². The third-order valence-electron chi connectivity index (χ3n) is 4.91. The molecule has 0 amide bonds. The molecule has 0 aromatic rings. The third kappa shape index (κ3) is 5.31. The standard InChI is InChI=1S/C18H33N3O/c1-15(2)13-18(8-4-9-18)14-21-17(19-3)20-10-5-16-6-11-22-12-7-16/h6,15H,4-5,7-14H2,1-3H3,(H2,19,20,21). The molecule has 0 radical (unpaired) electrons. The topological polar surface area (TPSA) is 45.7 Å². The van der Waals surface area contributed by atoms with Crippen LogP contribution in [0.1, 0.15) is 52.4 Å². The van der Waals surface area contributed by atoms with E-state index in [1.807, 2.05) is 7.05 Å². The van der Waals surface area contributed by atoms with E-state index in [2.05, 4.69) is 35.5 Å². The molecule has 1 aliphatic heterocycles. The average molecular weight is 307 g/mol. The van der Waals surface area contributed by atoms with Gasteiger partial charge in [-0.25, -0.2) is 0 Å². The minimum absolute atomic E-state index is 0.509. The predicted octanol–water partition coefficient (Wildman–Crippen LogP) is 3.10. The minimum Gasteiger partial charge on any atom is -0.377 e. The van der Waals surface area contributed by atoms with E-state index >= 15 is 0 Å². The molecule has 2 N–H and O–H groups in total. The van der Waals surface area contributed by atoms with Gasteiger partial charge >= 0.3 is 0 Å². The summed E-state index contributed by atoms with van der Waals surface area (Å²) in [6.07, 6.45) is 9.81. The summed E-state index contributed by atoms with van der Waals surface area (Å²) < 4.78 is 5.34. The fourth-order valence-corrected chi connectivity index (χ4v) is 3.62. The van der Waals surface area contributed by atoms with Crippen molar-refractivity contribution in [2.45, 2.75) is 52.4 Å². The van der Waals surface area contributed by atoms with Crippen LogP contribution in [-0.4, -0.2) is 39.3 Å². The molecule has 2 rings (SSSR count). The molecule has 4 nitrogen and oxygen atoms in total. The van der Waals surface area contributed by atoms with Gasteiger partial charge in [0.15, 0.2) is 5.96 Å². The highest BCUT2D eigenvalue weighted by Crippen LogP contribution is 2.45. The third-order valence-corrected chi connectivity index (χ3v) is 4.91. The molecule has 1 heterocycles. The summed E-state index contributed by atoms with van der Waals surface area (Å²) >= 11 is 0. The van der Waals surface area contributed by atoms with Crippen molar-refractivity contribution in [2.24, 2.45) is 16.3 Å². The lowest BCUT2D eigenvalue weighted by Gasteiger charge is -2.43. The van der Waals surface area contributed by atoms with Crippen molar-refractivity contribution in [3.8, 4) is 0 Å². The molecular weight excluding hydrogens is 274 g/mol. The first-order valence-electron chi connectivity index (χ1n) is 8.84. The summed E-state index contributed by atoms with van der Waals surface area (Å²) in [6, 6.07) is 0. The summed E-state index contributed by atoms with van der Waals surface area (Å²) in [6.45, 7) is 8.31. The monoisotopic (exact) mass is 307 g/mol. The summed E-state index contributed by atoms with van der Waals surface area (Å²) in [5.41, 5.74) is 2.01. The van der Waals surface area contributed by atoms with Gasteiger partial charge in [0, 0.05) is 20.1 Å². The van der Waals surface area contributed by atoms with E-state index in [9.17, 15) is 0 Å². The molecule has 126 valence electrons. The molecule has 1 aliphatic carbocycles. The summed E-state index contributed by atoms with van der Waals surface area (Å²) in [5.74, 6) is 1.72. The molecule has 2 aliphatic rings. The van der Waals surface area contributed by atoms with E-state index in [0.29, 0.717) is 5.41 Å². The van der Waals surface area contributed by atoms with E-state index in [0.717, 1.165) is 51.0 Å². The van der Waals surface area contributed by atoms with Crippen LogP contribution in [0.25, 0.3) is 0 Å². The second-order valence-electron chi connectivity index (χ2n) is 7.24. The van der Waals surface area contributed by atoms with Gasteiger partial charge in [-0.2, -0.15) is 0 Å². The maximum Gasteiger partial charge on any atom is 0.191 e. The zero-order valence-corrected chi connectivity index (χ0v) is 14.6. The largest absolute Gasteiger partial charge is 0.377 e. The fourth-order valence-electron chi connectivity index (χ4n) is 3.62. The zero-order valence-electron chi connectivity index (χ0n) is 14.6. The number of guanidine groups is 1. The second kappa shape index (κ2) is 8.56. The Hall–Kier alpha value is -1.03. The number of hydrogen-bond donors (Lipinski definition) is 2. The van der Waals surface area contributed by atoms with Crippen molar-refractivity contribution in [2.75, 3.05) is 33.4 Å². The Bertz CT molecular complexity index is 397. The van der Waals surface area contributed by atoms with E-state index < -0.39 is 0 Å². The Morgan fingerprint density at radius 2 is 2.18 bits per heavy atom. The Kier molecular flexibility index (Phi) is 6.74. The zero-order chi connectivity index (χ0) is 15.8. The van der Waals surface area contributed by atoms with Crippen LogP contribution in [-0.2, 0) is 4.74 Å². The molecule has 0 unspecified atom stereocenters. The van der Waals surface area contributed by atoms with Crippen LogP contribution in [0.2, 0.25) is 0 Å². The van der Waals surface area contributed by atoms with Crippen LogP contribution in [0.3, 0.4) is 0 Å². The number of hydrogen-bond acceptors (Lipinski definition) is 2. The van der Waals surface area contributed by atoms with Gasteiger partial charge in [0.2, 0.25) is 0 Å². The maximum atomic E-state index is 5.34. The number of nitrogens with zero attached hydrogens (tertiary/aromatic N) is 1. The minimum atomic E-state index is 0.509. The van der Waals surface area contributed by atoms with Crippen LogP contribution in [0.5, 0.6) is 0 Å². The molecular formula is C18H33N3O. The highest BCUT2D eigenvalue weighted by molar-refractivity contribution is 5.79. The quantitative estimate of drug-likeness (QED) is 0.431. The lowest BCUT2D eigenvalue weighted by atomic mass is 9.64. The van der Waals surface area contributed by atoms with Gasteiger partial charge in [-0.3, -0.25) is 4.99 Å². The molecule has 0 aromatic carbocycles. The normalized spacial score (nSPS) is 21.3. The van der Waals surface area contributed by atoms with Crippen LogP contribution < -0.4 is 10.6 Å². The SMILES string of the molecule is CN=C(NCCC1=CCOCC1)NCC1(CC(C)C)CCC1. The first-order chi connectivity index (χ1) is 10.6. The number of nitrogens with one attached hydrogen (secondary N) is 2. The van der Waals surface area contributed by atoms with Crippen LogP contribution in [0.15, 0.2) is 16.6 Å². The van der Waals surface area contributed by atoms with Gasteiger partial charge in [0.05, 0.1) is 13.2 Å². The number of aliphatic imine (C=N–C) groups is 1. The van der Waals surface area contributed by atoms with Gasteiger partial charge < -0.3 is 15.4 Å². The van der Waals surface area contributed by atoms with Crippen molar-refractivity contribution >= 4 is 5.96 Å². The van der Waals surface area contributed by atoms with Crippen molar-refractivity contribution in [3.05, 3.63) is 11.6 Å². The van der Waals surface area contributed by atoms with Crippen LogP contribution in [0, 0.1) is 11.3 Å². The first kappa shape index (κ1) is 17.3. The van der Waals surface area contributed by atoms with Crippen molar-refractivity contribution in [3.63, 3.8) is 0 Å². The summed E-state index contributed by atoms with van der Waals surface area (Å²) in [5, 5.41) is 7.00. The molecule has 0 spiro atoms. The number of ether oxygens (including phenoxy) is 1. The maximum absolute atomic E-state index is 5.34. The van der Waals surface area contributed by atoms with Crippen LogP contribution >= 0.6 is 0 Å². The molecule has 0 aromatic heterocycles.